The van der Waals surface area contributed by atoms with Crippen molar-refractivity contribution in [2.45, 2.75) is 12.8 Å². The van der Waals surface area contributed by atoms with Crippen LogP contribution in [0.1, 0.15) is 18.4 Å². The molecule has 6 heteroatoms. The third kappa shape index (κ3) is 3.03. The molecule has 1 N–H and O–H groups in total. The molecule has 0 aliphatic heterocycles. The van der Waals surface area contributed by atoms with Crippen molar-refractivity contribution in [1.82, 2.24) is 9.97 Å². The Balaban J connectivity index is 2.42. The average Bonchev–Trinajstić information content (AvgIpc) is 2.47. The highest BCUT2D eigenvalue weighted by molar-refractivity contribution is 5.78. The number of carbonyl (C=O) groups is 1. The number of nitrogens with zero attached hydrogens (tertiary/aromatic N) is 2. The Morgan fingerprint density at radius 2 is 2.20 bits per heavy atom. The molecule has 0 aliphatic carbocycles. The summed E-state index contributed by atoms with van der Waals surface area (Å²) in [6, 6.07) is 5.28. The predicted octanol–water partition coefficient (Wildman–Crippen LogP) is 1.28. The molecule has 106 valence electrons. The second kappa shape index (κ2) is 6.29. The van der Waals surface area contributed by atoms with Crippen molar-refractivity contribution < 1.29 is 19.4 Å². The average molecular weight is 276 g/mol. The number of pyridine rings is 2. The number of aliphatic hydroxyl groups is 1. The molecule has 2 aromatic heterocycles. The van der Waals surface area contributed by atoms with Gasteiger partial charge in [-0.05, 0) is 17.7 Å². The second-order valence-electron chi connectivity index (χ2n) is 4.30. The smallest absolute Gasteiger partial charge is 0.302 e. The van der Waals surface area contributed by atoms with Gasteiger partial charge in [0.1, 0.15) is 6.61 Å². The number of ether oxygens (including phenoxy) is 2. The van der Waals surface area contributed by atoms with E-state index in [9.17, 15) is 9.90 Å². The zero-order chi connectivity index (χ0) is 14.5. The summed E-state index contributed by atoms with van der Waals surface area (Å²) in [5, 5.41) is 9.51. The number of carbonyl (C=O) groups excluding carboxylic acids is 1. The molecule has 20 heavy (non-hydrogen) atoms. The molecule has 0 saturated carbocycles. The van der Waals surface area contributed by atoms with E-state index in [1.807, 2.05) is 0 Å². The van der Waals surface area contributed by atoms with Gasteiger partial charge in [-0.1, -0.05) is 0 Å². The van der Waals surface area contributed by atoms with Crippen LogP contribution in [-0.2, 0) is 9.53 Å². The molecule has 0 aliphatic rings. The minimum Gasteiger partial charge on any atom is -0.481 e. The molecule has 0 amide bonds. The summed E-state index contributed by atoms with van der Waals surface area (Å²) in [5.41, 5.74) is 2.11. The van der Waals surface area contributed by atoms with Crippen LogP contribution in [-0.4, -0.2) is 41.4 Å². The largest absolute Gasteiger partial charge is 0.481 e. The van der Waals surface area contributed by atoms with Crippen molar-refractivity contribution in [2.75, 3.05) is 20.3 Å². The standard InChI is InChI=1S/C14H16N2O4/c1-9(18)20-8-10(7-17)11-5-6-15-12-3-4-13(19-2)16-14(11)12/h3-6,10,17H,7-8H2,1-2H3. The van der Waals surface area contributed by atoms with Crippen LogP contribution >= 0.6 is 0 Å². The molecule has 0 saturated heterocycles. The normalized spacial score (nSPS) is 12.2. The van der Waals surface area contributed by atoms with Gasteiger partial charge in [0.2, 0.25) is 5.88 Å². The molecule has 1 atom stereocenters. The van der Waals surface area contributed by atoms with Crippen LogP contribution in [0.3, 0.4) is 0 Å². The van der Waals surface area contributed by atoms with E-state index < -0.39 is 0 Å². The van der Waals surface area contributed by atoms with E-state index in [4.69, 9.17) is 9.47 Å². The third-order valence-electron chi connectivity index (χ3n) is 2.95. The van der Waals surface area contributed by atoms with Crippen molar-refractivity contribution in [1.29, 1.82) is 0 Å². The predicted molar refractivity (Wildman–Crippen MR) is 72.5 cm³/mol. The fourth-order valence-corrected chi connectivity index (χ4v) is 1.93. The van der Waals surface area contributed by atoms with Crippen LogP contribution in [0.4, 0.5) is 0 Å². The molecule has 2 rings (SSSR count). The number of esters is 1. The lowest BCUT2D eigenvalue weighted by Crippen LogP contribution is -2.15. The zero-order valence-corrected chi connectivity index (χ0v) is 11.4. The maximum atomic E-state index is 10.9. The highest BCUT2D eigenvalue weighted by Crippen LogP contribution is 2.25. The van der Waals surface area contributed by atoms with E-state index in [1.54, 1.807) is 24.4 Å². The highest BCUT2D eigenvalue weighted by Gasteiger charge is 2.17. The number of fused-ring (bicyclic) bond motifs is 1. The number of aromatic nitrogens is 2. The fourth-order valence-electron chi connectivity index (χ4n) is 1.93. The molecule has 0 spiro atoms. The minimum atomic E-state index is -0.382. The first-order valence-corrected chi connectivity index (χ1v) is 6.19. The van der Waals surface area contributed by atoms with Crippen LogP contribution in [0.2, 0.25) is 0 Å². The topological polar surface area (TPSA) is 81.5 Å². The Morgan fingerprint density at radius 1 is 1.40 bits per heavy atom. The van der Waals surface area contributed by atoms with Gasteiger partial charge in [0.25, 0.3) is 0 Å². The quantitative estimate of drug-likeness (QED) is 0.828. The summed E-state index contributed by atoms with van der Waals surface area (Å²) >= 11 is 0. The second-order valence-corrected chi connectivity index (χ2v) is 4.30. The lowest BCUT2D eigenvalue weighted by molar-refractivity contribution is -0.141. The number of rotatable bonds is 5. The first-order chi connectivity index (χ1) is 9.65. The molecule has 6 nitrogen and oxygen atoms in total. The van der Waals surface area contributed by atoms with Crippen LogP contribution in [0.15, 0.2) is 24.4 Å². The summed E-state index contributed by atoms with van der Waals surface area (Å²) in [6.07, 6.45) is 1.64. The Bertz CT molecular complexity index is 615. The van der Waals surface area contributed by atoms with Gasteiger partial charge in [-0.15, -0.1) is 0 Å². The van der Waals surface area contributed by atoms with E-state index in [-0.39, 0.29) is 25.1 Å². The van der Waals surface area contributed by atoms with Gasteiger partial charge in [-0.3, -0.25) is 9.78 Å². The SMILES string of the molecule is COc1ccc2nccc(C(CO)COC(C)=O)c2n1. The first kappa shape index (κ1) is 14.2. The minimum absolute atomic E-state index is 0.101. The number of aliphatic hydroxyl groups excluding tert-OH is 1. The molecular formula is C14H16N2O4. The van der Waals surface area contributed by atoms with Crippen molar-refractivity contribution in [3.8, 4) is 5.88 Å². The molecule has 0 fully saturated rings. The summed E-state index contributed by atoms with van der Waals surface area (Å²) in [7, 11) is 1.53. The number of methoxy groups -OCH3 is 1. The van der Waals surface area contributed by atoms with E-state index >= 15 is 0 Å². The molecule has 0 radical (unpaired) electrons. The summed E-state index contributed by atoms with van der Waals surface area (Å²) in [5.74, 6) is -0.257. The van der Waals surface area contributed by atoms with Gasteiger partial charge < -0.3 is 14.6 Å². The van der Waals surface area contributed by atoms with Gasteiger partial charge >= 0.3 is 5.97 Å². The van der Waals surface area contributed by atoms with Crippen LogP contribution in [0.25, 0.3) is 11.0 Å². The number of hydrogen-bond donors (Lipinski definition) is 1. The summed E-state index contributed by atoms with van der Waals surface area (Å²) < 4.78 is 10.1. The summed E-state index contributed by atoms with van der Waals surface area (Å²) in [6.45, 7) is 1.29. The van der Waals surface area contributed by atoms with Crippen LogP contribution < -0.4 is 4.74 Å². The van der Waals surface area contributed by atoms with Crippen LogP contribution in [0.5, 0.6) is 5.88 Å². The molecule has 1 unspecified atom stereocenters. The fraction of sp³-hybridized carbons (Fsp3) is 0.357. The first-order valence-electron chi connectivity index (χ1n) is 6.19. The van der Waals surface area contributed by atoms with Gasteiger partial charge in [-0.2, -0.15) is 0 Å². The Hall–Kier alpha value is -2.21. The van der Waals surface area contributed by atoms with Gasteiger partial charge in [0.05, 0.1) is 24.8 Å². The maximum absolute atomic E-state index is 10.9. The van der Waals surface area contributed by atoms with Gasteiger partial charge in [0.15, 0.2) is 0 Å². The monoisotopic (exact) mass is 276 g/mol. The van der Waals surface area contributed by atoms with Crippen LogP contribution in [0, 0.1) is 0 Å². The van der Waals surface area contributed by atoms with E-state index in [1.165, 1.54) is 14.0 Å². The molecule has 2 aromatic rings. The molecular weight excluding hydrogens is 260 g/mol. The van der Waals surface area contributed by atoms with E-state index in [0.29, 0.717) is 16.9 Å². The Labute approximate surface area is 116 Å². The Morgan fingerprint density at radius 3 is 2.85 bits per heavy atom. The molecule has 0 bridgehead atoms. The number of hydrogen-bond acceptors (Lipinski definition) is 6. The van der Waals surface area contributed by atoms with E-state index in [0.717, 1.165) is 5.56 Å². The highest BCUT2D eigenvalue weighted by atomic mass is 16.5. The van der Waals surface area contributed by atoms with Crippen molar-refractivity contribution >= 4 is 17.0 Å². The van der Waals surface area contributed by atoms with Gasteiger partial charge in [-0.25, -0.2) is 4.98 Å². The zero-order valence-electron chi connectivity index (χ0n) is 11.4. The van der Waals surface area contributed by atoms with Crippen molar-refractivity contribution in [3.05, 3.63) is 30.0 Å². The lowest BCUT2D eigenvalue weighted by atomic mass is 10.00. The van der Waals surface area contributed by atoms with Crippen molar-refractivity contribution in [3.63, 3.8) is 0 Å². The van der Waals surface area contributed by atoms with Gasteiger partial charge in [0, 0.05) is 25.1 Å². The lowest BCUT2D eigenvalue weighted by Gasteiger charge is -2.16. The van der Waals surface area contributed by atoms with Crippen molar-refractivity contribution in [2.24, 2.45) is 0 Å². The van der Waals surface area contributed by atoms with E-state index in [2.05, 4.69) is 9.97 Å². The summed E-state index contributed by atoms with van der Waals surface area (Å²) in [4.78, 5) is 19.5. The molecule has 0 aromatic carbocycles. The molecule has 2 heterocycles. The maximum Gasteiger partial charge on any atom is 0.302 e. The Kier molecular flexibility index (Phi) is 4.47. The third-order valence-corrected chi connectivity index (χ3v) is 2.95.